The third-order valence-electron chi connectivity index (χ3n) is 6.04. The molecule has 3 nitrogen and oxygen atoms in total. The van der Waals surface area contributed by atoms with E-state index in [0.717, 1.165) is 28.6 Å². The van der Waals surface area contributed by atoms with Gasteiger partial charge in [0.25, 0.3) is 0 Å². The summed E-state index contributed by atoms with van der Waals surface area (Å²) in [4.78, 5) is 2.27. The van der Waals surface area contributed by atoms with E-state index in [4.69, 9.17) is 9.47 Å². The number of rotatable bonds is 8. The van der Waals surface area contributed by atoms with E-state index >= 15 is 0 Å². The highest BCUT2D eigenvalue weighted by Crippen LogP contribution is 2.39. The molecule has 0 amide bonds. The number of benzene rings is 5. The number of ether oxygens (including phenoxy) is 2. The Morgan fingerprint density at radius 3 is 1.33 bits per heavy atom. The lowest BCUT2D eigenvalue weighted by molar-refractivity contribution is 0.415. The van der Waals surface area contributed by atoms with Crippen molar-refractivity contribution < 1.29 is 9.47 Å². The fourth-order valence-corrected chi connectivity index (χ4v) is 6.61. The largest absolute Gasteiger partial charge is 0.497 e. The number of hydrogen-bond donors (Lipinski definition) is 0. The van der Waals surface area contributed by atoms with E-state index in [2.05, 4.69) is 114 Å². The molecule has 5 rings (SSSR count). The predicted molar refractivity (Wildman–Crippen MR) is 153 cm³/mol. The standard InChI is InChI=1S/C32H28NO2P/c1-34-28-20-16-25(17-21-28)33(26-18-22-29(35-2)23-19-26)27-10-9-15-32(24-27)36(30-11-5-3-6-12-30)31-13-7-4-8-14-31/h3-24H,1-2H3. The summed E-state index contributed by atoms with van der Waals surface area (Å²) >= 11 is 0. The molecule has 5 aromatic rings. The van der Waals surface area contributed by atoms with E-state index in [1.165, 1.54) is 15.9 Å². The first kappa shape index (κ1) is 23.7. The Bertz CT molecular complexity index is 1300. The summed E-state index contributed by atoms with van der Waals surface area (Å²) in [5, 5.41) is 3.96. The van der Waals surface area contributed by atoms with Gasteiger partial charge >= 0.3 is 0 Å². The number of nitrogens with zero attached hydrogens (tertiary/aromatic N) is 1. The molecule has 5 aromatic carbocycles. The summed E-state index contributed by atoms with van der Waals surface area (Å²) in [7, 11) is 2.67. The molecule has 36 heavy (non-hydrogen) atoms. The van der Waals surface area contributed by atoms with Crippen molar-refractivity contribution in [2.75, 3.05) is 19.1 Å². The summed E-state index contributed by atoms with van der Waals surface area (Å²) < 4.78 is 10.8. The second-order valence-corrected chi connectivity index (χ2v) is 10.5. The quantitative estimate of drug-likeness (QED) is 0.221. The molecule has 0 fully saturated rings. The lowest BCUT2D eigenvalue weighted by Gasteiger charge is -2.27. The van der Waals surface area contributed by atoms with Crippen LogP contribution in [0.3, 0.4) is 0 Å². The summed E-state index contributed by atoms with van der Waals surface area (Å²) in [6.07, 6.45) is 0. The average molecular weight is 490 g/mol. The van der Waals surface area contributed by atoms with Gasteiger partial charge in [0.05, 0.1) is 14.2 Å². The van der Waals surface area contributed by atoms with Crippen LogP contribution in [0, 0.1) is 0 Å². The first-order valence-corrected chi connectivity index (χ1v) is 13.2. The third-order valence-corrected chi connectivity index (χ3v) is 8.46. The zero-order chi connectivity index (χ0) is 24.7. The van der Waals surface area contributed by atoms with Crippen LogP contribution < -0.4 is 30.3 Å². The topological polar surface area (TPSA) is 21.7 Å². The highest BCUT2D eigenvalue weighted by molar-refractivity contribution is 7.79. The molecular formula is C32H28NO2P. The second kappa shape index (κ2) is 11.1. The van der Waals surface area contributed by atoms with Crippen molar-refractivity contribution in [1.29, 1.82) is 0 Å². The minimum Gasteiger partial charge on any atom is -0.497 e. The molecule has 0 N–H and O–H groups in total. The van der Waals surface area contributed by atoms with E-state index in [9.17, 15) is 0 Å². The van der Waals surface area contributed by atoms with E-state index in [-0.39, 0.29) is 0 Å². The van der Waals surface area contributed by atoms with Gasteiger partial charge in [-0.2, -0.15) is 0 Å². The molecule has 0 aliphatic rings. The molecular weight excluding hydrogens is 461 g/mol. The molecule has 4 heteroatoms. The van der Waals surface area contributed by atoms with Crippen molar-refractivity contribution in [2.45, 2.75) is 0 Å². The van der Waals surface area contributed by atoms with Crippen LogP contribution in [0.2, 0.25) is 0 Å². The van der Waals surface area contributed by atoms with Gasteiger partial charge in [-0.15, -0.1) is 0 Å². The Hall–Kier alpha value is -4.07. The van der Waals surface area contributed by atoms with Crippen molar-refractivity contribution in [3.63, 3.8) is 0 Å². The van der Waals surface area contributed by atoms with E-state index < -0.39 is 7.92 Å². The maximum atomic E-state index is 5.41. The molecule has 0 atom stereocenters. The second-order valence-electron chi connectivity index (χ2n) is 8.26. The minimum atomic E-state index is -0.707. The Balaban J connectivity index is 1.63. The molecule has 0 unspecified atom stereocenters. The molecule has 0 spiro atoms. The smallest absolute Gasteiger partial charge is 0.119 e. The van der Waals surface area contributed by atoms with Gasteiger partial charge in [0.2, 0.25) is 0 Å². The van der Waals surface area contributed by atoms with Gasteiger partial charge < -0.3 is 14.4 Å². The van der Waals surface area contributed by atoms with Crippen LogP contribution in [-0.4, -0.2) is 14.2 Å². The lowest BCUT2D eigenvalue weighted by atomic mass is 10.2. The highest BCUT2D eigenvalue weighted by atomic mass is 31.1. The fraction of sp³-hybridized carbons (Fsp3) is 0.0625. The van der Waals surface area contributed by atoms with E-state index in [0.29, 0.717) is 0 Å². The predicted octanol–water partition coefficient (Wildman–Crippen LogP) is 6.93. The molecule has 0 saturated carbocycles. The summed E-state index contributed by atoms with van der Waals surface area (Å²) in [5.74, 6) is 1.66. The molecule has 0 heterocycles. The van der Waals surface area contributed by atoms with E-state index in [1.54, 1.807) is 14.2 Å². The van der Waals surface area contributed by atoms with Crippen molar-refractivity contribution in [1.82, 2.24) is 0 Å². The van der Waals surface area contributed by atoms with Crippen LogP contribution in [0.5, 0.6) is 11.5 Å². The van der Waals surface area contributed by atoms with Gasteiger partial charge in [-0.25, -0.2) is 0 Å². The minimum absolute atomic E-state index is 0.707. The van der Waals surface area contributed by atoms with Crippen molar-refractivity contribution >= 4 is 40.9 Å². The molecule has 0 bridgehead atoms. The first-order chi connectivity index (χ1) is 17.8. The van der Waals surface area contributed by atoms with Crippen LogP contribution in [0.15, 0.2) is 133 Å². The molecule has 0 radical (unpaired) electrons. The number of methoxy groups -OCH3 is 2. The van der Waals surface area contributed by atoms with Gasteiger partial charge in [0.15, 0.2) is 0 Å². The van der Waals surface area contributed by atoms with Gasteiger partial charge in [-0.1, -0.05) is 72.8 Å². The average Bonchev–Trinajstić information content (AvgIpc) is 2.95. The van der Waals surface area contributed by atoms with Crippen LogP contribution in [0.1, 0.15) is 0 Å². The number of hydrogen-bond acceptors (Lipinski definition) is 3. The van der Waals surface area contributed by atoms with Crippen LogP contribution in [0.4, 0.5) is 17.1 Å². The molecule has 178 valence electrons. The Morgan fingerprint density at radius 1 is 0.444 bits per heavy atom. The summed E-state index contributed by atoms with van der Waals surface area (Å²) in [6, 6.07) is 46.8. The van der Waals surface area contributed by atoms with E-state index in [1.807, 2.05) is 24.3 Å². The Kier molecular flexibility index (Phi) is 7.30. The molecule has 0 aliphatic heterocycles. The maximum absolute atomic E-state index is 5.41. The number of anilines is 3. The van der Waals surface area contributed by atoms with Crippen molar-refractivity contribution in [2.24, 2.45) is 0 Å². The lowest BCUT2D eigenvalue weighted by Crippen LogP contribution is -2.21. The van der Waals surface area contributed by atoms with Gasteiger partial charge in [0, 0.05) is 17.1 Å². The zero-order valence-electron chi connectivity index (χ0n) is 20.4. The molecule has 0 saturated heterocycles. The molecule has 0 aliphatic carbocycles. The third kappa shape index (κ3) is 5.12. The van der Waals surface area contributed by atoms with Gasteiger partial charge in [-0.3, -0.25) is 0 Å². The van der Waals surface area contributed by atoms with Crippen LogP contribution in [-0.2, 0) is 0 Å². The van der Waals surface area contributed by atoms with Crippen molar-refractivity contribution in [3.8, 4) is 11.5 Å². The summed E-state index contributed by atoms with van der Waals surface area (Å²) in [5.41, 5.74) is 3.21. The van der Waals surface area contributed by atoms with Crippen molar-refractivity contribution in [3.05, 3.63) is 133 Å². The maximum Gasteiger partial charge on any atom is 0.119 e. The zero-order valence-corrected chi connectivity index (χ0v) is 21.3. The highest BCUT2D eigenvalue weighted by Gasteiger charge is 2.19. The normalized spacial score (nSPS) is 10.8. The van der Waals surface area contributed by atoms with Crippen LogP contribution >= 0.6 is 7.92 Å². The molecule has 0 aromatic heterocycles. The fourth-order valence-electron chi connectivity index (χ4n) is 4.28. The SMILES string of the molecule is COc1ccc(N(c2ccc(OC)cc2)c2cccc(P(c3ccccc3)c3ccccc3)c2)cc1. The monoisotopic (exact) mass is 489 g/mol. The Labute approximate surface area is 214 Å². The summed E-state index contributed by atoms with van der Waals surface area (Å²) in [6.45, 7) is 0. The first-order valence-electron chi connectivity index (χ1n) is 11.9. The van der Waals surface area contributed by atoms with Gasteiger partial charge in [0.1, 0.15) is 11.5 Å². The Morgan fingerprint density at radius 2 is 0.889 bits per heavy atom. The van der Waals surface area contributed by atoms with Gasteiger partial charge in [-0.05, 0) is 84.5 Å². The van der Waals surface area contributed by atoms with Crippen LogP contribution in [0.25, 0.3) is 0 Å².